The Morgan fingerprint density at radius 2 is 1.45 bits per heavy atom. The molecule has 0 amide bonds. The lowest BCUT2D eigenvalue weighted by molar-refractivity contribution is -0.142. The summed E-state index contributed by atoms with van der Waals surface area (Å²) in [5.41, 5.74) is -4.96. The van der Waals surface area contributed by atoms with Crippen molar-refractivity contribution in [3.05, 3.63) is 69.8 Å². The number of aliphatic hydroxyl groups excluding tert-OH is 2. The Hall–Kier alpha value is -2.53. The van der Waals surface area contributed by atoms with Gasteiger partial charge in [-0.2, -0.15) is 26.3 Å². The lowest BCUT2D eigenvalue weighted by Crippen LogP contribution is -2.23. The van der Waals surface area contributed by atoms with Gasteiger partial charge in [-0.05, 0) is 35.4 Å². The zero-order valence-corrected chi connectivity index (χ0v) is 13.9. The summed E-state index contributed by atoms with van der Waals surface area (Å²) in [6.07, 6.45) is -14.3. The predicted molar refractivity (Wildman–Crippen MR) is 80.5 cm³/mol. The van der Waals surface area contributed by atoms with Crippen LogP contribution < -0.4 is 0 Å². The molecule has 11 heteroatoms. The van der Waals surface area contributed by atoms with Crippen LogP contribution in [0.3, 0.4) is 0 Å². The number of alkyl halides is 6. The second kappa shape index (κ2) is 6.77. The van der Waals surface area contributed by atoms with Crippen LogP contribution in [0.4, 0.5) is 35.1 Å². The van der Waals surface area contributed by atoms with Crippen LogP contribution in [-0.2, 0) is 12.4 Å². The molecule has 3 rings (SSSR count). The average molecular weight is 426 g/mol. The van der Waals surface area contributed by atoms with Gasteiger partial charge in [-0.25, -0.2) is 8.78 Å². The van der Waals surface area contributed by atoms with E-state index < -0.39 is 70.1 Å². The van der Waals surface area contributed by atoms with Gasteiger partial charge in [0.05, 0.1) is 23.7 Å². The van der Waals surface area contributed by atoms with Crippen molar-refractivity contribution in [2.24, 2.45) is 5.92 Å². The van der Waals surface area contributed by atoms with Crippen molar-refractivity contribution in [2.75, 3.05) is 0 Å². The highest BCUT2D eigenvalue weighted by Gasteiger charge is 2.46. The van der Waals surface area contributed by atoms with E-state index in [1.54, 1.807) is 0 Å². The molecule has 3 atom stereocenters. The number of ketones is 1. The van der Waals surface area contributed by atoms with Gasteiger partial charge in [0.1, 0.15) is 17.2 Å². The van der Waals surface area contributed by atoms with Gasteiger partial charge in [0.15, 0.2) is 5.78 Å². The molecular weight excluding hydrogens is 416 g/mol. The molecule has 1 aliphatic carbocycles. The molecule has 0 spiro atoms. The molecule has 0 bridgehead atoms. The highest BCUT2D eigenvalue weighted by Crippen LogP contribution is 2.45. The number of Topliss-reactive ketones (excluding diaryl/α,β-unsaturated/α-hetero) is 1. The maximum absolute atomic E-state index is 13.8. The van der Waals surface area contributed by atoms with Crippen molar-refractivity contribution < 1.29 is 50.1 Å². The van der Waals surface area contributed by atoms with E-state index in [0.29, 0.717) is 12.1 Å². The molecule has 2 aromatic carbocycles. The smallest absolute Gasteiger partial charge is 0.388 e. The average Bonchev–Trinajstić information content (AvgIpc) is 2.82. The molecule has 2 aromatic rings. The summed E-state index contributed by atoms with van der Waals surface area (Å²) < 4.78 is 104. The van der Waals surface area contributed by atoms with E-state index in [0.717, 1.165) is 6.07 Å². The van der Waals surface area contributed by atoms with Gasteiger partial charge in [0.2, 0.25) is 0 Å². The highest BCUT2D eigenvalue weighted by atomic mass is 19.4. The summed E-state index contributed by atoms with van der Waals surface area (Å²) >= 11 is 0. The number of carbonyl (C=O) groups excluding carboxylic acids is 1. The van der Waals surface area contributed by atoms with E-state index >= 15 is 0 Å². The number of aliphatic hydroxyl groups is 2. The van der Waals surface area contributed by atoms with E-state index in [4.69, 9.17) is 0 Å². The molecule has 0 saturated carbocycles. The van der Waals surface area contributed by atoms with Gasteiger partial charge >= 0.3 is 12.4 Å². The Kier molecular flexibility index (Phi) is 4.94. The molecule has 0 aromatic heterocycles. The van der Waals surface area contributed by atoms with Gasteiger partial charge in [0, 0.05) is 5.56 Å². The summed E-state index contributed by atoms with van der Waals surface area (Å²) in [6.45, 7) is 0. The lowest BCUT2D eigenvalue weighted by atomic mass is 9.90. The molecule has 2 N–H and O–H groups in total. The molecule has 0 saturated heterocycles. The minimum atomic E-state index is -5.36. The van der Waals surface area contributed by atoms with Crippen LogP contribution in [0.15, 0.2) is 30.3 Å². The SMILES string of the molecule is O=C1c2ccc(C(F)(F)F)cc2C(O)C1C(O)c1cc(F)c(C(F)(F)F)c(F)c1. The monoisotopic (exact) mass is 426 g/mol. The molecule has 3 nitrogen and oxygen atoms in total. The third kappa shape index (κ3) is 3.60. The van der Waals surface area contributed by atoms with Crippen molar-refractivity contribution in [3.8, 4) is 0 Å². The highest BCUT2D eigenvalue weighted by molar-refractivity contribution is 6.03. The van der Waals surface area contributed by atoms with E-state index in [9.17, 15) is 50.1 Å². The lowest BCUT2D eigenvalue weighted by Gasteiger charge is -2.22. The largest absolute Gasteiger partial charge is 0.422 e. The molecule has 29 heavy (non-hydrogen) atoms. The van der Waals surface area contributed by atoms with E-state index in [1.165, 1.54) is 0 Å². The quantitative estimate of drug-likeness (QED) is 0.692. The zero-order chi connectivity index (χ0) is 21.9. The molecule has 3 unspecified atom stereocenters. The van der Waals surface area contributed by atoms with Crippen molar-refractivity contribution in [2.45, 2.75) is 24.6 Å². The van der Waals surface area contributed by atoms with Crippen LogP contribution in [0, 0.1) is 17.6 Å². The summed E-state index contributed by atoms with van der Waals surface area (Å²) in [4.78, 5) is 12.4. The second-order valence-electron chi connectivity index (χ2n) is 6.44. The molecule has 0 radical (unpaired) electrons. The predicted octanol–water partition coefficient (Wildman–Crippen LogP) is 4.58. The number of hydrogen-bond donors (Lipinski definition) is 2. The number of rotatable bonds is 2. The Morgan fingerprint density at radius 1 is 0.897 bits per heavy atom. The fraction of sp³-hybridized carbons (Fsp3) is 0.278. The van der Waals surface area contributed by atoms with Crippen molar-refractivity contribution >= 4 is 5.78 Å². The maximum atomic E-state index is 13.8. The van der Waals surface area contributed by atoms with Crippen LogP contribution in [0.2, 0.25) is 0 Å². The first kappa shape index (κ1) is 21.2. The Balaban J connectivity index is 2.00. The molecule has 1 aliphatic rings. The number of hydrogen-bond acceptors (Lipinski definition) is 3. The number of benzene rings is 2. The summed E-state index contributed by atoms with van der Waals surface area (Å²) in [7, 11) is 0. The van der Waals surface area contributed by atoms with Crippen LogP contribution in [0.25, 0.3) is 0 Å². The Bertz CT molecular complexity index is 957. The number of halogens is 8. The van der Waals surface area contributed by atoms with Crippen molar-refractivity contribution in [3.63, 3.8) is 0 Å². The van der Waals surface area contributed by atoms with Crippen molar-refractivity contribution in [1.29, 1.82) is 0 Å². The standard InChI is InChI=1S/C18H10F8O3/c19-10-3-6(4-11(20)13(10)18(24,25)26)14(27)12-15(28)8-2-1-7(17(21,22)23)5-9(8)16(12)29/h1-5,12,14,16,27,29H. The normalized spacial score (nSPS) is 20.7. The summed E-state index contributed by atoms with van der Waals surface area (Å²) in [5, 5.41) is 20.5. The fourth-order valence-corrected chi connectivity index (χ4v) is 3.28. The molecule has 0 aliphatic heterocycles. The third-order valence-electron chi connectivity index (χ3n) is 4.64. The van der Waals surface area contributed by atoms with Crippen LogP contribution >= 0.6 is 0 Å². The topological polar surface area (TPSA) is 57.5 Å². The summed E-state index contributed by atoms with van der Waals surface area (Å²) in [6, 6.07) is 2.17. The van der Waals surface area contributed by atoms with Crippen molar-refractivity contribution in [1.82, 2.24) is 0 Å². The minimum Gasteiger partial charge on any atom is -0.388 e. The van der Waals surface area contributed by atoms with Gasteiger partial charge in [-0.1, -0.05) is 6.07 Å². The zero-order valence-electron chi connectivity index (χ0n) is 13.9. The first-order valence-electron chi connectivity index (χ1n) is 7.91. The van der Waals surface area contributed by atoms with Gasteiger partial charge in [-0.15, -0.1) is 0 Å². The third-order valence-corrected chi connectivity index (χ3v) is 4.64. The minimum absolute atomic E-state index is 0.153. The maximum Gasteiger partial charge on any atom is 0.422 e. The van der Waals surface area contributed by atoms with E-state index in [-0.39, 0.29) is 17.7 Å². The van der Waals surface area contributed by atoms with E-state index in [1.807, 2.05) is 0 Å². The van der Waals surface area contributed by atoms with Gasteiger partial charge in [0.25, 0.3) is 0 Å². The molecule has 156 valence electrons. The fourth-order valence-electron chi connectivity index (χ4n) is 3.28. The first-order chi connectivity index (χ1) is 13.2. The Labute approximate surface area is 157 Å². The summed E-state index contributed by atoms with van der Waals surface area (Å²) in [5.74, 6) is -6.98. The molecule has 0 fully saturated rings. The first-order valence-corrected chi connectivity index (χ1v) is 7.91. The van der Waals surface area contributed by atoms with Gasteiger partial charge in [-0.3, -0.25) is 4.79 Å². The Morgan fingerprint density at radius 3 is 1.93 bits per heavy atom. The number of fused-ring (bicyclic) bond motifs is 1. The van der Waals surface area contributed by atoms with Gasteiger partial charge < -0.3 is 10.2 Å². The molecular formula is C18H10F8O3. The van der Waals surface area contributed by atoms with Crippen LogP contribution in [-0.4, -0.2) is 16.0 Å². The second-order valence-corrected chi connectivity index (χ2v) is 6.44. The van der Waals surface area contributed by atoms with E-state index in [2.05, 4.69) is 0 Å². The molecule has 0 heterocycles. The van der Waals surface area contributed by atoms with Crippen LogP contribution in [0.5, 0.6) is 0 Å². The number of carbonyl (C=O) groups is 1. The van der Waals surface area contributed by atoms with Crippen LogP contribution in [0.1, 0.15) is 44.8 Å².